The molecule has 114 valence electrons. The van der Waals surface area contributed by atoms with Crippen LogP contribution in [0, 0.1) is 5.82 Å². The molecule has 1 heterocycles. The summed E-state index contributed by atoms with van der Waals surface area (Å²) in [7, 11) is 0. The van der Waals surface area contributed by atoms with Crippen LogP contribution in [-0.4, -0.2) is 39.1 Å². The first-order chi connectivity index (χ1) is 9.93. The summed E-state index contributed by atoms with van der Waals surface area (Å²) in [5.41, 5.74) is -0.973. The van der Waals surface area contributed by atoms with Crippen molar-refractivity contribution < 1.29 is 24.2 Å². The van der Waals surface area contributed by atoms with Crippen LogP contribution in [0.5, 0.6) is 0 Å². The van der Waals surface area contributed by atoms with Crippen molar-refractivity contribution in [2.24, 2.45) is 0 Å². The van der Waals surface area contributed by atoms with Crippen LogP contribution in [0.2, 0.25) is 0 Å². The molecule has 1 amide bonds. The van der Waals surface area contributed by atoms with Gasteiger partial charge in [0.15, 0.2) is 0 Å². The van der Waals surface area contributed by atoms with E-state index in [2.05, 4.69) is 5.32 Å². The summed E-state index contributed by atoms with van der Waals surface area (Å²) in [5, 5.41) is 21.7. The molecule has 1 saturated heterocycles. The molecule has 7 heteroatoms. The number of rotatable bonds is 5. The van der Waals surface area contributed by atoms with Crippen molar-refractivity contribution >= 4 is 23.6 Å². The first-order valence-corrected chi connectivity index (χ1v) is 7.64. The lowest BCUT2D eigenvalue weighted by atomic mass is 9.98. The Kier molecular flexibility index (Phi) is 4.84. The van der Waals surface area contributed by atoms with Gasteiger partial charge in [0.05, 0.1) is 12.5 Å². The molecule has 0 saturated carbocycles. The van der Waals surface area contributed by atoms with Gasteiger partial charge in [0.25, 0.3) is 0 Å². The summed E-state index contributed by atoms with van der Waals surface area (Å²) in [6, 6.07) is 5.35. The second-order valence-corrected chi connectivity index (χ2v) is 6.12. The van der Waals surface area contributed by atoms with E-state index >= 15 is 0 Å². The van der Waals surface area contributed by atoms with Crippen molar-refractivity contribution in [3.63, 3.8) is 0 Å². The summed E-state index contributed by atoms with van der Waals surface area (Å²) < 4.78 is 13.1. The van der Waals surface area contributed by atoms with E-state index in [1.54, 1.807) is 0 Å². The Morgan fingerprint density at radius 2 is 2.24 bits per heavy atom. The molecule has 0 radical (unpaired) electrons. The number of carbonyl (C=O) groups is 2. The number of aliphatic carboxylic acids is 1. The lowest BCUT2D eigenvalue weighted by molar-refractivity contribution is -0.146. The van der Waals surface area contributed by atoms with Crippen LogP contribution in [-0.2, 0) is 9.59 Å². The van der Waals surface area contributed by atoms with E-state index < -0.39 is 29.3 Å². The number of carboxylic acids is 1. The normalized spacial score (nSPS) is 22.8. The first kappa shape index (κ1) is 15.8. The van der Waals surface area contributed by atoms with Gasteiger partial charge in [-0.15, -0.1) is 0 Å². The van der Waals surface area contributed by atoms with Crippen LogP contribution < -0.4 is 5.32 Å². The number of hydrogen-bond acceptors (Lipinski definition) is 4. The molecule has 1 aliphatic heterocycles. The Bertz CT molecular complexity index is 546. The zero-order valence-corrected chi connectivity index (χ0v) is 12.0. The maximum atomic E-state index is 13.1. The number of amides is 1. The predicted octanol–water partition coefficient (Wildman–Crippen LogP) is 1.33. The third kappa shape index (κ3) is 3.74. The fraction of sp³-hybridized carbons (Fsp3) is 0.429. The maximum Gasteiger partial charge on any atom is 0.330 e. The van der Waals surface area contributed by atoms with Crippen molar-refractivity contribution in [2.75, 3.05) is 11.5 Å². The highest BCUT2D eigenvalue weighted by Crippen LogP contribution is 2.29. The van der Waals surface area contributed by atoms with E-state index in [1.165, 1.54) is 30.0 Å². The van der Waals surface area contributed by atoms with Gasteiger partial charge in [-0.25, -0.2) is 9.18 Å². The molecule has 0 aliphatic carbocycles. The largest absolute Gasteiger partial charge is 0.479 e. The molecule has 2 unspecified atom stereocenters. The number of benzene rings is 1. The van der Waals surface area contributed by atoms with Crippen molar-refractivity contribution in [3.05, 3.63) is 35.6 Å². The second-order valence-electron chi connectivity index (χ2n) is 5.01. The number of hydrogen-bond donors (Lipinski definition) is 3. The zero-order valence-electron chi connectivity index (χ0n) is 11.2. The van der Waals surface area contributed by atoms with E-state index in [0.717, 1.165) is 6.07 Å². The second kappa shape index (κ2) is 6.44. The molecular formula is C14H16FNO4S. The number of thioether (sulfide) groups is 1. The Labute approximate surface area is 125 Å². The Balaban J connectivity index is 1.99. The minimum absolute atomic E-state index is 0.287. The van der Waals surface area contributed by atoms with Crippen LogP contribution in [0.15, 0.2) is 24.3 Å². The van der Waals surface area contributed by atoms with Crippen molar-refractivity contribution in [3.8, 4) is 0 Å². The average Bonchev–Trinajstić information content (AvgIpc) is 2.88. The SMILES string of the molecule is O=C(CC(O)c1cccc(F)c1)NC1(C(=O)O)CCSC1. The molecular weight excluding hydrogens is 297 g/mol. The van der Waals surface area contributed by atoms with Gasteiger partial charge in [-0.1, -0.05) is 12.1 Å². The fourth-order valence-electron chi connectivity index (χ4n) is 2.21. The predicted molar refractivity (Wildman–Crippen MR) is 76.4 cm³/mol. The molecule has 5 nitrogen and oxygen atoms in total. The van der Waals surface area contributed by atoms with E-state index in [0.29, 0.717) is 17.9 Å². The molecule has 1 aromatic rings. The third-order valence-electron chi connectivity index (χ3n) is 3.42. The molecule has 1 aromatic carbocycles. The van der Waals surface area contributed by atoms with Crippen LogP contribution in [0.25, 0.3) is 0 Å². The summed E-state index contributed by atoms with van der Waals surface area (Å²) in [6.45, 7) is 0. The number of nitrogens with one attached hydrogen (secondary N) is 1. The van der Waals surface area contributed by atoms with Crippen molar-refractivity contribution in [1.82, 2.24) is 5.32 Å². The molecule has 21 heavy (non-hydrogen) atoms. The van der Waals surface area contributed by atoms with Crippen molar-refractivity contribution in [2.45, 2.75) is 24.5 Å². The van der Waals surface area contributed by atoms with Gasteiger partial charge in [-0.2, -0.15) is 11.8 Å². The average molecular weight is 313 g/mol. The van der Waals surface area contributed by atoms with E-state index in [1.807, 2.05) is 0 Å². The van der Waals surface area contributed by atoms with Crippen molar-refractivity contribution in [1.29, 1.82) is 0 Å². The topological polar surface area (TPSA) is 86.6 Å². The number of aliphatic hydroxyl groups is 1. The van der Waals surface area contributed by atoms with Crippen LogP contribution >= 0.6 is 11.8 Å². The molecule has 2 rings (SSSR count). The summed E-state index contributed by atoms with van der Waals surface area (Å²) in [6.07, 6.45) is -1.11. The number of aliphatic hydroxyl groups excluding tert-OH is 1. The molecule has 1 aliphatic rings. The monoisotopic (exact) mass is 313 g/mol. The summed E-state index contributed by atoms with van der Waals surface area (Å²) >= 11 is 1.46. The van der Waals surface area contributed by atoms with E-state index in [9.17, 15) is 24.2 Å². The molecule has 1 fully saturated rings. The van der Waals surface area contributed by atoms with Gasteiger partial charge in [-0.3, -0.25) is 4.79 Å². The van der Waals surface area contributed by atoms with Gasteiger partial charge < -0.3 is 15.5 Å². The molecule has 0 spiro atoms. The van der Waals surface area contributed by atoms with Gasteiger partial charge in [0, 0.05) is 5.75 Å². The summed E-state index contributed by atoms with van der Waals surface area (Å²) in [5.74, 6) is -1.15. The highest BCUT2D eigenvalue weighted by atomic mass is 32.2. The lowest BCUT2D eigenvalue weighted by Crippen LogP contribution is -2.54. The Morgan fingerprint density at radius 1 is 1.48 bits per heavy atom. The Hall–Kier alpha value is -1.60. The minimum atomic E-state index is -1.26. The van der Waals surface area contributed by atoms with E-state index in [4.69, 9.17) is 0 Å². The molecule has 3 N–H and O–H groups in total. The quantitative estimate of drug-likeness (QED) is 0.763. The minimum Gasteiger partial charge on any atom is -0.479 e. The van der Waals surface area contributed by atoms with E-state index in [-0.39, 0.29) is 12.0 Å². The smallest absolute Gasteiger partial charge is 0.330 e. The fourth-order valence-corrected chi connectivity index (χ4v) is 3.54. The zero-order chi connectivity index (χ0) is 15.5. The first-order valence-electron chi connectivity index (χ1n) is 6.49. The summed E-state index contributed by atoms with van der Waals surface area (Å²) in [4.78, 5) is 23.3. The Morgan fingerprint density at radius 3 is 2.81 bits per heavy atom. The number of halogens is 1. The lowest BCUT2D eigenvalue weighted by Gasteiger charge is -2.25. The molecule has 2 atom stereocenters. The third-order valence-corrected chi connectivity index (χ3v) is 4.61. The number of carbonyl (C=O) groups excluding carboxylic acids is 1. The van der Waals surface area contributed by atoms with Crippen LogP contribution in [0.4, 0.5) is 4.39 Å². The van der Waals surface area contributed by atoms with Crippen LogP contribution in [0.1, 0.15) is 24.5 Å². The highest BCUT2D eigenvalue weighted by Gasteiger charge is 2.43. The standard InChI is InChI=1S/C14H16FNO4S/c15-10-3-1-2-9(6-10)11(17)7-12(18)16-14(13(19)20)4-5-21-8-14/h1-3,6,11,17H,4-5,7-8H2,(H,16,18)(H,19,20). The highest BCUT2D eigenvalue weighted by molar-refractivity contribution is 7.99. The number of carboxylic acid groups (broad SMARTS) is 1. The van der Waals surface area contributed by atoms with Gasteiger partial charge >= 0.3 is 5.97 Å². The maximum absolute atomic E-state index is 13.1. The molecule has 0 aromatic heterocycles. The van der Waals surface area contributed by atoms with Gasteiger partial charge in [0.1, 0.15) is 11.4 Å². The van der Waals surface area contributed by atoms with Gasteiger partial charge in [0.2, 0.25) is 5.91 Å². The van der Waals surface area contributed by atoms with Crippen LogP contribution in [0.3, 0.4) is 0 Å². The molecule has 0 bridgehead atoms. The van der Waals surface area contributed by atoms with Gasteiger partial charge in [-0.05, 0) is 29.9 Å².